The molecule has 0 amide bonds. The maximum atomic E-state index is 5.56. The molecule has 90 valence electrons. The van der Waals surface area contributed by atoms with Crippen molar-refractivity contribution in [3.63, 3.8) is 0 Å². The Morgan fingerprint density at radius 1 is 1.50 bits per heavy atom. The van der Waals surface area contributed by atoms with Crippen molar-refractivity contribution in [1.29, 1.82) is 0 Å². The summed E-state index contributed by atoms with van der Waals surface area (Å²) in [6, 6.07) is 2.78. The molecule has 1 fully saturated rings. The number of rotatable bonds is 8. The van der Waals surface area contributed by atoms with E-state index in [0.29, 0.717) is 6.61 Å². The van der Waals surface area contributed by atoms with Crippen molar-refractivity contribution in [3.05, 3.63) is 23.7 Å². The Kier molecular flexibility index (Phi) is 4.43. The second kappa shape index (κ2) is 6.06. The van der Waals surface area contributed by atoms with E-state index in [2.05, 4.69) is 12.2 Å². The van der Waals surface area contributed by atoms with Gasteiger partial charge in [-0.3, -0.25) is 0 Å². The summed E-state index contributed by atoms with van der Waals surface area (Å²) in [7, 11) is 0. The van der Waals surface area contributed by atoms with Crippen LogP contribution in [-0.4, -0.2) is 12.6 Å². The van der Waals surface area contributed by atoms with Crippen molar-refractivity contribution >= 4 is 0 Å². The van der Waals surface area contributed by atoms with Gasteiger partial charge in [0.15, 0.2) is 0 Å². The molecule has 1 saturated carbocycles. The zero-order valence-electron chi connectivity index (χ0n) is 10.00. The molecule has 3 heteroatoms. The summed E-state index contributed by atoms with van der Waals surface area (Å²) in [4.78, 5) is 0. The predicted molar refractivity (Wildman–Crippen MR) is 63.1 cm³/mol. The SMILES string of the molecule is CCCCOCc1occc1CNC1CC1. The number of ether oxygens (including phenoxy) is 1. The average Bonchev–Trinajstić information content (AvgIpc) is 3.02. The summed E-state index contributed by atoms with van der Waals surface area (Å²) in [5.74, 6) is 0.976. The minimum atomic E-state index is 0.606. The van der Waals surface area contributed by atoms with Crippen LogP contribution < -0.4 is 5.32 Å². The van der Waals surface area contributed by atoms with Crippen molar-refractivity contribution in [1.82, 2.24) is 5.32 Å². The lowest BCUT2D eigenvalue weighted by molar-refractivity contribution is 0.103. The highest BCUT2D eigenvalue weighted by Crippen LogP contribution is 2.20. The highest BCUT2D eigenvalue weighted by molar-refractivity contribution is 5.16. The van der Waals surface area contributed by atoms with E-state index < -0.39 is 0 Å². The minimum absolute atomic E-state index is 0.606. The average molecular weight is 223 g/mol. The molecule has 1 heterocycles. The Hall–Kier alpha value is -0.800. The van der Waals surface area contributed by atoms with E-state index >= 15 is 0 Å². The van der Waals surface area contributed by atoms with E-state index in [-0.39, 0.29) is 0 Å². The zero-order valence-corrected chi connectivity index (χ0v) is 10.00. The van der Waals surface area contributed by atoms with E-state index in [1.807, 2.05) is 6.07 Å². The third-order valence-corrected chi connectivity index (χ3v) is 2.87. The first kappa shape index (κ1) is 11.7. The highest BCUT2D eigenvalue weighted by Gasteiger charge is 2.20. The fraction of sp³-hybridized carbons (Fsp3) is 0.692. The quantitative estimate of drug-likeness (QED) is 0.688. The van der Waals surface area contributed by atoms with Crippen LogP contribution in [0.5, 0.6) is 0 Å². The molecule has 0 bridgehead atoms. The standard InChI is InChI=1S/C13H21NO2/c1-2-3-7-15-10-13-11(6-8-16-13)9-14-12-4-5-12/h6,8,12,14H,2-5,7,9-10H2,1H3. The molecule has 0 unspecified atom stereocenters. The van der Waals surface area contributed by atoms with Gasteiger partial charge in [-0.05, 0) is 25.3 Å². The van der Waals surface area contributed by atoms with Gasteiger partial charge in [0, 0.05) is 24.8 Å². The van der Waals surface area contributed by atoms with Crippen molar-refractivity contribution in [2.24, 2.45) is 0 Å². The van der Waals surface area contributed by atoms with Crippen LogP contribution in [0.2, 0.25) is 0 Å². The summed E-state index contributed by atoms with van der Waals surface area (Å²) < 4.78 is 11.0. The maximum Gasteiger partial charge on any atom is 0.133 e. The van der Waals surface area contributed by atoms with E-state index in [0.717, 1.165) is 31.4 Å². The summed E-state index contributed by atoms with van der Waals surface area (Å²) in [5.41, 5.74) is 1.24. The molecule has 1 N–H and O–H groups in total. The topological polar surface area (TPSA) is 34.4 Å². The van der Waals surface area contributed by atoms with E-state index in [4.69, 9.17) is 9.15 Å². The first-order valence-corrected chi connectivity index (χ1v) is 6.26. The van der Waals surface area contributed by atoms with Gasteiger partial charge in [0.05, 0.1) is 6.26 Å². The maximum absolute atomic E-state index is 5.56. The number of nitrogens with one attached hydrogen (secondary N) is 1. The van der Waals surface area contributed by atoms with Crippen LogP contribution in [0.15, 0.2) is 16.7 Å². The van der Waals surface area contributed by atoms with Gasteiger partial charge in [-0.15, -0.1) is 0 Å². The zero-order chi connectivity index (χ0) is 11.2. The minimum Gasteiger partial charge on any atom is -0.467 e. The van der Waals surface area contributed by atoms with Crippen LogP contribution in [0.4, 0.5) is 0 Å². The van der Waals surface area contributed by atoms with Gasteiger partial charge in [-0.2, -0.15) is 0 Å². The largest absolute Gasteiger partial charge is 0.467 e. The fourth-order valence-electron chi connectivity index (χ4n) is 1.60. The van der Waals surface area contributed by atoms with Crippen LogP contribution >= 0.6 is 0 Å². The van der Waals surface area contributed by atoms with Gasteiger partial charge < -0.3 is 14.5 Å². The van der Waals surface area contributed by atoms with Gasteiger partial charge >= 0.3 is 0 Å². The Bertz CT molecular complexity index is 305. The third kappa shape index (κ3) is 3.65. The fourth-order valence-corrected chi connectivity index (χ4v) is 1.60. The van der Waals surface area contributed by atoms with Crippen LogP contribution in [0, 0.1) is 0 Å². The molecule has 0 radical (unpaired) electrons. The summed E-state index contributed by atoms with van der Waals surface area (Å²) in [5, 5.41) is 3.49. The predicted octanol–water partition coefficient (Wildman–Crippen LogP) is 2.85. The lowest BCUT2D eigenvalue weighted by Crippen LogP contribution is -2.15. The van der Waals surface area contributed by atoms with Crippen LogP contribution in [0.3, 0.4) is 0 Å². The number of furan rings is 1. The molecule has 1 aromatic heterocycles. The van der Waals surface area contributed by atoms with Gasteiger partial charge in [0.1, 0.15) is 12.4 Å². The van der Waals surface area contributed by atoms with E-state index in [1.54, 1.807) is 6.26 Å². The van der Waals surface area contributed by atoms with Gasteiger partial charge in [0.25, 0.3) is 0 Å². The Morgan fingerprint density at radius 2 is 2.38 bits per heavy atom. The Morgan fingerprint density at radius 3 is 3.12 bits per heavy atom. The van der Waals surface area contributed by atoms with Crippen molar-refractivity contribution in [2.45, 2.75) is 51.8 Å². The van der Waals surface area contributed by atoms with Crippen LogP contribution in [0.1, 0.15) is 43.9 Å². The van der Waals surface area contributed by atoms with Gasteiger partial charge in [-0.1, -0.05) is 13.3 Å². The summed E-state index contributed by atoms with van der Waals surface area (Å²) in [6.07, 6.45) is 6.69. The Balaban J connectivity index is 1.71. The molecular weight excluding hydrogens is 202 g/mol. The van der Waals surface area contributed by atoms with Crippen molar-refractivity contribution < 1.29 is 9.15 Å². The highest BCUT2D eigenvalue weighted by atomic mass is 16.5. The van der Waals surface area contributed by atoms with Gasteiger partial charge in [0.2, 0.25) is 0 Å². The molecule has 3 nitrogen and oxygen atoms in total. The molecule has 1 aliphatic rings. The van der Waals surface area contributed by atoms with E-state index in [9.17, 15) is 0 Å². The summed E-state index contributed by atoms with van der Waals surface area (Å²) in [6.45, 7) is 4.51. The van der Waals surface area contributed by atoms with Crippen molar-refractivity contribution in [2.75, 3.05) is 6.61 Å². The summed E-state index contributed by atoms with van der Waals surface area (Å²) >= 11 is 0. The second-order valence-electron chi connectivity index (χ2n) is 4.43. The molecule has 16 heavy (non-hydrogen) atoms. The molecule has 1 aromatic rings. The third-order valence-electron chi connectivity index (χ3n) is 2.87. The molecule has 0 atom stereocenters. The van der Waals surface area contributed by atoms with E-state index in [1.165, 1.54) is 24.8 Å². The number of hydrogen-bond donors (Lipinski definition) is 1. The smallest absolute Gasteiger partial charge is 0.133 e. The second-order valence-corrected chi connectivity index (χ2v) is 4.43. The van der Waals surface area contributed by atoms with Crippen LogP contribution in [0.25, 0.3) is 0 Å². The molecule has 0 spiro atoms. The molecular formula is C13H21NO2. The first-order valence-electron chi connectivity index (χ1n) is 6.26. The molecule has 1 aliphatic carbocycles. The first-order chi connectivity index (χ1) is 7.90. The van der Waals surface area contributed by atoms with Gasteiger partial charge in [-0.25, -0.2) is 0 Å². The molecule has 0 aliphatic heterocycles. The molecule has 0 aromatic carbocycles. The lowest BCUT2D eigenvalue weighted by Gasteiger charge is -2.05. The monoisotopic (exact) mass is 223 g/mol. The lowest BCUT2D eigenvalue weighted by atomic mass is 10.2. The normalized spacial score (nSPS) is 15.6. The van der Waals surface area contributed by atoms with Crippen molar-refractivity contribution in [3.8, 4) is 0 Å². The molecule has 2 rings (SSSR count). The number of unbranched alkanes of at least 4 members (excludes halogenated alkanes) is 1. The van der Waals surface area contributed by atoms with Crippen LogP contribution in [-0.2, 0) is 17.9 Å². The number of hydrogen-bond acceptors (Lipinski definition) is 3. The molecule has 0 saturated heterocycles. The Labute approximate surface area is 97.2 Å².